The van der Waals surface area contributed by atoms with Gasteiger partial charge < -0.3 is 20.1 Å². The molecule has 1 aromatic carbocycles. The summed E-state index contributed by atoms with van der Waals surface area (Å²) in [7, 11) is 3.04. The van der Waals surface area contributed by atoms with Gasteiger partial charge in [-0.25, -0.2) is 0 Å². The number of benzene rings is 1. The van der Waals surface area contributed by atoms with Crippen molar-refractivity contribution in [2.45, 2.75) is 51.9 Å². The highest BCUT2D eigenvalue weighted by molar-refractivity contribution is 5.83. The van der Waals surface area contributed by atoms with Crippen LogP contribution in [0.1, 0.15) is 56.3 Å². The molecule has 0 aliphatic carbocycles. The largest absolute Gasteiger partial charge is 0.481 e. The van der Waals surface area contributed by atoms with E-state index in [2.05, 4.69) is 33.9 Å². The van der Waals surface area contributed by atoms with Gasteiger partial charge in [-0.3, -0.25) is 4.79 Å². The van der Waals surface area contributed by atoms with Crippen molar-refractivity contribution in [2.75, 3.05) is 32.2 Å². The van der Waals surface area contributed by atoms with Crippen molar-refractivity contribution in [2.24, 2.45) is 5.73 Å². The summed E-state index contributed by atoms with van der Waals surface area (Å²) in [6.07, 6.45) is 5.22. The molecule has 2 aromatic rings. The number of nitrogens with two attached hydrogens (primary N) is 1. The van der Waals surface area contributed by atoms with E-state index in [1.54, 1.807) is 6.92 Å². The van der Waals surface area contributed by atoms with E-state index in [1.165, 1.54) is 33.5 Å². The maximum absolute atomic E-state index is 12.4. The van der Waals surface area contributed by atoms with Gasteiger partial charge in [0.1, 0.15) is 5.82 Å². The number of carbonyl (C=O) groups excluding carboxylic acids is 1. The summed E-state index contributed by atoms with van der Waals surface area (Å²) in [4.78, 5) is 23.4. The molecule has 0 saturated carbocycles. The molecule has 0 aliphatic heterocycles. The Kier molecular flexibility index (Phi) is 9.38. The van der Waals surface area contributed by atoms with Crippen LogP contribution in [0.25, 0.3) is 0 Å². The first kappa shape index (κ1) is 23.4. The van der Waals surface area contributed by atoms with Gasteiger partial charge in [-0.2, -0.15) is 9.97 Å². The molecule has 0 saturated heterocycles. The summed E-state index contributed by atoms with van der Waals surface area (Å²) in [5.41, 5.74) is 7.44. The molecule has 164 valence electrons. The van der Waals surface area contributed by atoms with Crippen LogP contribution in [0.3, 0.4) is 0 Å². The van der Waals surface area contributed by atoms with Crippen LogP contribution in [0.15, 0.2) is 30.3 Å². The lowest BCUT2D eigenvalue weighted by atomic mass is 9.95. The molecule has 2 N–H and O–H groups in total. The van der Waals surface area contributed by atoms with Crippen LogP contribution in [0.5, 0.6) is 11.8 Å². The van der Waals surface area contributed by atoms with Gasteiger partial charge in [-0.15, -0.1) is 0 Å². The molecular weight excluding hydrogens is 380 g/mol. The number of carbonyl (C=O) groups is 1. The van der Waals surface area contributed by atoms with Gasteiger partial charge in [-0.1, -0.05) is 44.4 Å². The van der Waals surface area contributed by atoms with Gasteiger partial charge in [-0.05, 0) is 31.9 Å². The van der Waals surface area contributed by atoms with Crippen molar-refractivity contribution in [3.63, 3.8) is 0 Å². The lowest BCUT2D eigenvalue weighted by Crippen LogP contribution is -2.31. The van der Waals surface area contributed by atoms with Crippen molar-refractivity contribution in [3.8, 4) is 11.8 Å². The van der Waals surface area contributed by atoms with Crippen molar-refractivity contribution in [3.05, 3.63) is 41.7 Å². The van der Waals surface area contributed by atoms with Crippen LogP contribution < -0.4 is 20.1 Å². The number of amides is 1. The highest BCUT2D eigenvalue weighted by Gasteiger charge is 2.29. The van der Waals surface area contributed by atoms with Crippen LogP contribution in [0, 0.1) is 6.92 Å². The van der Waals surface area contributed by atoms with E-state index >= 15 is 0 Å². The number of aromatic nitrogens is 2. The lowest BCUT2D eigenvalue weighted by Gasteiger charge is -2.27. The normalized spacial score (nSPS) is 11.7. The highest BCUT2D eigenvalue weighted by Crippen LogP contribution is 2.35. The number of nitrogens with zero attached hydrogens (tertiary/aromatic N) is 3. The van der Waals surface area contributed by atoms with Gasteiger partial charge in [0.2, 0.25) is 17.7 Å². The molecule has 30 heavy (non-hydrogen) atoms. The lowest BCUT2D eigenvalue weighted by molar-refractivity contribution is -0.119. The Bertz CT molecular complexity index is 773. The Morgan fingerprint density at radius 2 is 1.67 bits per heavy atom. The molecule has 2 rings (SSSR count). The summed E-state index contributed by atoms with van der Waals surface area (Å²) >= 11 is 0. The molecule has 1 amide bonds. The van der Waals surface area contributed by atoms with Gasteiger partial charge >= 0.3 is 0 Å². The van der Waals surface area contributed by atoms with Gasteiger partial charge in [0, 0.05) is 18.8 Å². The SMILES string of the molecule is CCCCCCN(CCC(C(N)=O)c1c(OC)nc(C)nc1OC)c1ccccc1. The molecule has 0 aliphatic rings. The molecular formula is C23H34N4O3. The van der Waals surface area contributed by atoms with Crippen molar-refractivity contribution >= 4 is 11.6 Å². The third kappa shape index (κ3) is 6.34. The summed E-state index contributed by atoms with van der Waals surface area (Å²) in [5, 5.41) is 0. The van der Waals surface area contributed by atoms with Gasteiger partial charge in [0.25, 0.3) is 0 Å². The fraction of sp³-hybridized carbons (Fsp3) is 0.522. The van der Waals surface area contributed by atoms with Crippen LogP contribution in [0.2, 0.25) is 0 Å². The number of rotatable bonds is 13. The van der Waals surface area contributed by atoms with E-state index in [9.17, 15) is 4.79 Å². The zero-order valence-electron chi connectivity index (χ0n) is 18.6. The third-order valence-electron chi connectivity index (χ3n) is 5.16. The van der Waals surface area contributed by atoms with E-state index in [4.69, 9.17) is 15.2 Å². The standard InChI is InChI=1S/C23H34N4O3/c1-5-6-7-11-15-27(18-12-9-8-10-13-18)16-14-19(21(24)28)20-22(29-3)25-17(2)26-23(20)30-4/h8-10,12-13,19H,5-7,11,14-16H2,1-4H3,(H2,24,28). The second-order valence-electron chi connectivity index (χ2n) is 7.33. The van der Waals surface area contributed by atoms with Crippen LogP contribution in [-0.2, 0) is 4.79 Å². The second kappa shape index (κ2) is 12.0. The molecule has 0 fully saturated rings. The molecule has 0 bridgehead atoms. The number of para-hydroxylation sites is 1. The number of anilines is 1. The Balaban J connectivity index is 2.25. The molecule has 0 spiro atoms. The summed E-state index contributed by atoms with van der Waals surface area (Å²) in [5.74, 6) is 0.114. The first-order chi connectivity index (χ1) is 14.5. The molecule has 1 unspecified atom stereocenters. The molecule has 7 heteroatoms. The Morgan fingerprint density at radius 1 is 1.03 bits per heavy atom. The third-order valence-corrected chi connectivity index (χ3v) is 5.16. The van der Waals surface area contributed by atoms with Crippen molar-refractivity contribution in [1.29, 1.82) is 0 Å². The summed E-state index contributed by atoms with van der Waals surface area (Å²) in [6.45, 7) is 5.55. The van der Waals surface area contributed by atoms with Gasteiger partial charge in [0.15, 0.2) is 0 Å². The van der Waals surface area contributed by atoms with Crippen molar-refractivity contribution < 1.29 is 14.3 Å². The fourth-order valence-corrected chi connectivity index (χ4v) is 3.59. The number of ether oxygens (including phenoxy) is 2. The van der Waals surface area contributed by atoms with E-state index in [0.717, 1.165) is 18.7 Å². The number of primary amides is 1. The molecule has 1 atom stereocenters. The maximum Gasteiger partial charge on any atom is 0.225 e. The first-order valence-electron chi connectivity index (χ1n) is 10.6. The van der Waals surface area contributed by atoms with Gasteiger partial charge in [0.05, 0.1) is 25.7 Å². The summed E-state index contributed by atoms with van der Waals surface area (Å²) < 4.78 is 10.9. The Hall–Kier alpha value is -2.83. The smallest absolute Gasteiger partial charge is 0.225 e. The molecule has 1 heterocycles. The van der Waals surface area contributed by atoms with E-state index < -0.39 is 11.8 Å². The minimum atomic E-state index is -0.614. The number of hydrogen-bond acceptors (Lipinski definition) is 6. The molecule has 7 nitrogen and oxygen atoms in total. The number of unbranched alkanes of at least 4 members (excludes halogenated alkanes) is 3. The predicted octanol–water partition coefficient (Wildman–Crippen LogP) is 3.85. The summed E-state index contributed by atoms with van der Waals surface area (Å²) in [6, 6.07) is 10.2. The topological polar surface area (TPSA) is 90.6 Å². The first-order valence-corrected chi connectivity index (χ1v) is 10.6. The minimum absolute atomic E-state index is 0.331. The average Bonchev–Trinajstić information content (AvgIpc) is 2.75. The van der Waals surface area contributed by atoms with E-state index in [0.29, 0.717) is 36.1 Å². The number of methoxy groups -OCH3 is 2. The maximum atomic E-state index is 12.4. The Morgan fingerprint density at radius 3 is 2.20 bits per heavy atom. The van der Waals surface area contributed by atoms with Crippen LogP contribution >= 0.6 is 0 Å². The average molecular weight is 415 g/mol. The number of aryl methyl sites for hydroxylation is 1. The number of hydrogen-bond donors (Lipinski definition) is 1. The second-order valence-corrected chi connectivity index (χ2v) is 7.33. The monoisotopic (exact) mass is 414 g/mol. The molecule has 0 radical (unpaired) electrons. The van der Waals surface area contributed by atoms with Crippen LogP contribution in [-0.4, -0.2) is 43.2 Å². The zero-order valence-corrected chi connectivity index (χ0v) is 18.6. The Labute approximate surface area is 179 Å². The fourth-order valence-electron chi connectivity index (χ4n) is 3.59. The zero-order chi connectivity index (χ0) is 21.9. The quantitative estimate of drug-likeness (QED) is 0.501. The minimum Gasteiger partial charge on any atom is -0.481 e. The van der Waals surface area contributed by atoms with Crippen molar-refractivity contribution in [1.82, 2.24) is 9.97 Å². The highest BCUT2D eigenvalue weighted by atomic mass is 16.5. The van der Waals surface area contributed by atoms with Crippen LogP contribution in [0.4, 0.5) is 5.69 Å². The molecule has 1 aromatic heterocycles. The van der Waals surface area contributed by atoms with E-state index in [1.807, 2.05) is 18.2 Å². The predicted molar refractivity (Wildman–Crippen MR) is 119 cm³/mol. The van der Waals surface area contributed by atoms with E-state index in [-0.39, 0.29) is 0 Å².